The van der Waals surface area contributed by atoms with E-state index in [0.717, 1.165) is 12.8 Å². The lowest BCUT2D eigenvalue weighted by atomic mass is 10.0. The first-order chi connectivity index (χ1) is 13.0. The lowest BCUT2D eigenvalue weighted by molar-refractivity contribution is -0.141. The van der Waals surface area contributed by atoms with Gasteiger partial charge in [-0.15, -0.1) is 0 Å². The zero-order valence-electron chi connectivity index (χ0n) is 18.6. The molecule has 1 fully saturated rings. The van der Waals surface area contributed by atoms with Crippen LogP contribution in [0.5, 0.6) is 0 Å². The van der Waals surface area contributed by atoms with Crippen LogP contribution in [0.3, 0.4) is 0 Å². The molecule has 0 amide bonds. The molecule has 1 rings (SSSR count). The van der Waals surface area contributed by atoms with E-state index in [1.54, 1.807) is 0 Å². The van der Waals surface area contributed by atoms with Gasteiger partial charge in [-0.3, -0.25) is 0 Å². The second-order valence-electron chi connectivity index (χ2n) is 9.08. The van der Waals surface area contributed by atoms with E-state index in [1.165, 1.54) is 89.9 Å². The summed E-state index contributed by atoms with van der Waals surface area (Å²) in [7, 11) is 0. The van der Waals surface area contributed by atoms with Gasteiger partial charge in [-0.2, -0.15) is 0 Å². The lowest BCUT2D eigenvalue weighted by Crippen LogP contribution is -2.24. The van der Waals surface area contributed by atoms with Crippen molar-refractivity contribution in [3.05, 3.63) is 0 Å². The van der Waals surface area contributed by atoms with Crippen molar-refractivity contribution in [1.82, 2.24) is 0 Å². The van der Waals surface area contributed by atoms with Crippen LogP contribution in [0.2, 0.25) is 0 Å². The zero-order valence-corrected chi connectivity index (χ0v) is 18.6. The molecule has 0 unspecified atom stereocenters. The van der Waals surface area contributed by atoms with E-state index in [1.807, 2.05) is 13.8 Å². The number of hydrogen-bond donors (Lipinski definition) is 1. The van der Waals surface area contributed by atoms with E-state index in [4.69, 9.17) is 9.47 Å². The van der Waals surface area contributed by atoms with Crippen LogP contribution >= 0.6 is 0 Å². The Morgan fingerprint density at radius 2 is 1.22 bits per heavy atom. The summed E-state index contributed by atoms with van der Waals surface area (Å²) in [6.07, 6.45) is 22.1. The number of unbranched alkanes of at least 4 members (excludes halogenated alkanes) is 14. The number of aliphatic hydroxyl groups is 1. The van der Waals surface area contributed by atoms with Crippen molar-refractivity contribution in [3.63, 3.8) is 0 Å². The normalized spacial score (nSPS) is 20.2. The van der Waals surface area contributed by atoms with Crippen molar-refractivity contribution in [2.45, 2.75) is 148 Å². The molecule has 0 saturated carbocycles. The third-order valence-corrected chi connectivity index (χ3v) is 5.74. The molecule has 0 aliphatic carbocycles. The number of rotatable bonds is 18. The highest BCUT2D eigenvalue weighted by atomic mass is 16.7. The molecule has 0 radical (unpaired) electrons. The first-order valence-electron chi connectivity index (χ1n) is 12.0. The number of hydrogen-bond acceptors (Lipinski definition) is 3. The lowest BCUT2D eigenvalue weighted by Gasteiger charge is -2.18. The minimum Gasteiger partial charge on any atom is -0.393 e. The van der Waals surface area contributed by atoms with E-state index in [-0.39, 0.29) is 12.2 Å². The van der Waals surface area contributed by atoms with Crippen LogP contribution in [0, 0.1) is 0 Å². The molecule has 0 aromatic rings. The highest BCUT2D eigenvalue weighted by molar-refractivity contribution is 4.74. The second kappa shape index (κ2) is 15.8. The molecule has 1 aliphatic heterocycles. The third kappa shape index (κ3) is 14.5. The summed E-state index contributed by atoms with van der Waals surface area (Å²) in [5.41, 5.74) is 0. The SMILES string of the molecule is CCCCCCCCCCCCCCCCC[C@@H](O)C[C@@H]1COC(C)(C)O1. The second-order valence-corrected chi connectivity index (χ2v) is 9.08. The molecular formula is C24H48O3. The van der Waals surface area contributed by atoms with Crippen molar-refractivity contribution < 1.29 is 14.6 Å². The summed E-state index contributed by atoms with van der Waals surface area (Å²) < 4.78 is 11.3. The van der Waals surface area contributed by atoms with E-state index in [9.17, 15) is 5.11 Å². The molecule has 3 nitrogen and oxygen atoms in total. The topological polar surface area (TPSA) is 38.7 Å². The van der Waals surface area contributed by atoms with Gasteiger partial charge in [0.1, 0.15) is 0 Å². The average Bonchev–Trinajstić information content (AvgIpc) is 2.96. The summed E-state index contributed by atoms with van der Waals surface area (Å²) >= 11 is 0. The van der Waals surface area contributed by atoms with Crippen molar-refractivity contribution in [2.75, 3.05) is 6.61 Å². The summed E-state index contributed by atoms with van der Waals surface area (Å²) in [5, 5.41) is 10.1. The van der Waals surface area contributed by atoms with Gasteiger partial charge in [0.05, 0.1) is 18.8 Å². The van der Waals surface area contributed by atoms with Gasteiger partial charge in [-0.1, -0.05) is 103 Å². The number of aliphatic hydroxyl groups excluding tert-OH is 1. The van der Waals surface area contributed by atoms with Crippen molar-refractivity contribution in [2.24, 2.45) is 0 Å². The summed E-state index contributed by atoms with van der Waals surface area (Å²) in [6.45, 7) is 6.78. The molecule has 162 valence electrons. The summed E-state index contributed by atoms with van der Waals surface area (Å²) in [4.78, 5) is 0. The Labute approximate surface area is 169 Å². The molecule has 1 heterocycles. The predicted molar refractivity (Wildman–Crippen MR) is 115 cm³/mol. The Morgan fingerprint density at radius 3 is 1.63 bits per heavy atom. The Hall–Kier alpha value is -0.120. The van der Waals surface area contributed by atoms with Crippen LogP contribution in [-0.4, -0.2) is 29.7 Å². The van der Waals surface area contributed by atoms with Gasteiger partial charge in [-0.25, -0.2) is 0 Å². The smallest absolute Gasteiger partial charge is 0.163 e. The molecule has 27 heavy (non-hydrogen) atoms. The van der Waals surface area contributed by atoms with Crippen LogP contribution in [0.15, 0.2) is 0 Å². The minimum atomic E-state index is -0.473. The molecule has 0 aromatic carbocycles. The van der Waals surface area contributed by atoms with Crippen LogP contribution in [0.25, 0.3) is 0 Å². The largest absolute Gasteiger partial charge is 0.393 e. The van der Waals surface area contributed by atoms with Crippen molar-refractivity contribution in [1.29, 1.82) is 0 Å². The van der Waals surface area contributed by atoms with Crippen molar-refractivity contribution >= 4 is 0 Å². The molecule has 0 bridgehead atoms. The molecular weight excluding hydrogens is 336 g/mol. The maximum Gasteiger partial charge on any atom is 0.163 e. The Bertz CT molecular complexity index is 330. The fourth-order valence-electron chi connectivity index (χ4n) is 4.05. The van der Waals surface area contributed by atoms with Gasteiger partial charge in [-0.05, 0) is 20.3 Å². The van der Waals surface area contributed by atoms with E-state index in [2.05, 4.69) is 6.92 Å². The fraction of sp³-hybridized carbons (Fsp3) is 1.00. The van der Waals surface area contributed by atoms with Crippen LogP contribution < -0.4 is 0 Å². The van der Waals surface area contributed by atoms with Crippen LogP contribution in [0.4, 0.5) is 0 Å². The standard InChI is InChI=1S/C24H48O3/c1-4-5-6-7-8-9-10-11-12-13-14-15-16-17-18-19-22(25)20-23-21-26-24(2,3)27-23/h22-23,25H,4-21H2,1-3H3/t22-,23-/m1/s1. The highest BCUT2D eigenvalue weighted by Crippen LogP contribution is 2.25. The van der Waals surface area contributed by atoms with Gasteiger partial charge in [0.15, 0.2) is 5.79 Å². The van der Waals surface area contributed by atoms with Crippen LogP contribution in [0.1, 0.15) is 130 Å². The van der Waals surface area contributed by atoms with E-state index < -0.39 is 5.79 Å². The Kier molecular flexibility index (Phi) is 14.5. The minimum absolute atomic E-state index is 0.0614. The van der Waals surface area contributed by atoms with E-state index >= 15 is 0 Å². The van der Waals surface area contributed by atoms with Gasteiger partial charge < -0.3 is 14.6 Å². The maximum atomic E-state index is 10.1. The van der Waals surface area contributed by atoms with Crippen LogP contribution in [-0.2, 0) is 9.47 Å². The Balaban J connectivity index is 1.76. The maximum absolute atomic E-state index is 10.1. The van der Waals surface area contributed by atoms with Crippen molar-refractivity contribution in [3.8, 4) is 0 Å². The molecule has 2 atom stereocenters. The molecule has 1 saturated heterocycles. The quantitative estimate of drug-likeness (QED) is 0.255. The molecule has 1 aliphatic rings. The first kappa shape index (κ1) is 24.9. The fourth-order valence-corrected chi connectivity index (χ4v) is 4.05. The Morgan fingerprint density at radius 1 is 0.778 bits per heavy atom. The molecule has 3 heteroatoms. The molecule has 0 aromatic heterocycles. The number of ether oxygens (including phenoxy) is 2. The summed E-state index contributed by atoms with van der Waals surface area (Å²) in [6, 6.07) is 0. The zero-order chi connectivity index (χ0) is 19.8. The van der Waals surface area contributed by atoms with Gasteiger partial charge in [0.2, 0.25) is 0 Å². The molecule has 0 spiro atoms. The average molecular weight is 385 g/mol. The third-order valence-electron chi connectivity index (χ3n) is 5.74. The monoisotopic (exact) mass is 384 g/mol. The highest BCUT2D eigenvalue weighted by Gasteiger charge is 2.33. The van der Waals surface area contributed by atoms with Gasteiger partial charge >= 0.3 is 0 Å². The summed E-state index contributed by atoms with van der Waals surface area (Å²) in [5.74, 6) is -0.473. The van der Waals surface area contributed by atoms with Gasteiger partial charge in [0.25, 0.3) is 0 Å². The first-order valence-corrected chi connectivity index (χ1v) is 12.0. The van der Waals surface area contributed by atoms with E-state index in [0.29, 0.717) is 13.0 Å². The van der Waals surface area contributed by atoms with Gasteiger partial charge in [0, 0.05) is 6.42 Å². The predicted octanol–water partition coefficient (Wildman–Crippen LogP) is 7.15. The molecule has 1 N–H and O–H groups in total.